The SMILES string of the molecule is CCCCC(CC)COc1ccc(-c2nnc(C)s2)cc1OCC(CC)CCCC. The van der Waals surface area contributed by atoms with Gasteiger partial charge in [-0.15, -0.1) is 10.2 Å². The molecule has 5 heteroatoms. The molecule has 0 N–H and O–H groups in total. The minimum Gasteiger partial charge on any atom is -0.489 e. The standard InChI is InChI=1S/C25H40N2O2S/c1-6-10-12-20(8-3)17-28-23-15-14-22(25-27-26-19(5)30-25)16-24(23)29-18-21(9-4)13-11-7-2/h14-16,20-21H,6-13,17-18H2,1-5H3. The molecule has 2 unspecified atom stereocenters. The minimum absolute atomic E-state index is 0.582. The van der Waals surface area contributed by atoms with Crippen molar-refractivity contribution in [3.8, 4) is 22.1 Å². The van der Waals surface area contributed by atoms with Gasteiger partial charge < -0.3 is 9.47 Å². The van der Waals surface area contributed by atoms with Gasteiger partial charge in [-0.25, -0.2) is 0 Å². The van der Waals surface area contributed by atoms with Crippen LogP contribution in [0.15, 0.2) is 18.2 Å². The first-order chi connectivity index (χ1) is 14.6. The van der Waals surface area contributed by atoms with Crippen molar-refractivity contribution in [2.45, 2.75) is 86.0 Å². The summed E-state index contributed by atoms with van der Waals surface area (Å²) >= 11 is 1.61. The Kier molecular flexibility index (Phi) is 11.2. The van der Waals surface area contributed by atoms with E-state index in [0.717, 1.165) is 53.1 Å². The molecule has 0 saturated carbocycles. The zero-order chi connectivity index (χ0) is 21.8. The van der Waals surface area contributed by atoms with Gasteiger partial charge in [-0.3, -0.25) is 0 Å². The van der Waals surface area contributed by atoms with E-state index >= 15 is 0 Å². The molecule has 0 radical (unpaired) electrons. The molecule has 2 aromatic rings. The molecule has 0 amide bonds. The Balaban J connectivity index is 2.15. The average Bonchev–Trinajstić information content (AvgIpc) is 3.20. The zero-order valence-corrected chi connectivity index (χ0v) is 20.4. The number of rotatable bonds is 15. The molecule has 30 heavy (non-hydrogen) atoms. The van der Waals surface area contributed by atoms with Crippen molar-refractivity contribution in [3.05, 3.63) is 23.2 Å². The largest absolute Gasteiger partial charge is 0.489 e. The molecule has 168 valence electrons. The van der Waals surface area contributed by atoms with E-state index in [1.54, 1.807) is 11.3 Å². The number of aryl methyl sites for hydroxylation is 1. The highest BCUT2D eigenvalue weighted by Gasteiger charge is 2.15. The molecule has 0 aliphatic heterocycles. The number of hydrogen-bond donors (Lipinski definition) is 0. The monoisotopic (exact) mass is 432 g/mol. The third kappa shape index (κ3) is 7.90. The van der Waals surface area contributed by atoms with Crippen LogP contribution in [-0.2, 0) is 0 Å². The van der Waals surface area contributed by atoms with Crippen LogP contribution in [0.25, 0.3) is 10.6 Å². The Morgan fingerprint density at radius 2 is 1.43 bits per heavy atom. The third-order valence-electron chi connectivity index (χ3n) is 5.75. The Labute approximate surface area is 187 Å². The fourth-order valence-corrected chi connectivity index (χ4v) is 4.19. The number of benzene rings is 1. The number of aromatic nitrogens is 2. The van der Waals surface area contributed by atoms with E-state index in [9.17, 15) is 0 Å². The molecular formula is C25H40N2O2S. The molecule has 0 bridgehead atoms. The van der Waals surface area contributed by atoms with Gasteiger partial charge in [0, 0.05) is 5.56 Å². The van der Waals surface area contributed by atoms with Crippen LogP contribution in [-0.4, -0.2) is 23.4 Å². The second-order valence-corrected chi connectivity index (χ2v) is 9.42. The lowest BCUT2D eigenvalue weighted by molar-refractivity contribution is 0.199. The number of unbranched alkanes of at least 4 members (excludes halogenated alkanes) is 2. The molecule has 0 fully saturated rings. The van der Waals surface area contributed by atoms with Crippen molar-refractivity contribution in [1.29, 1.82) is 0 Å². The predicted molar refractivity (Wildman–Crippen MR) is 128 cm³/mol. The minimum atomic E-state index is 0.582. The molecule has 0 spiro atoms. The topological polar surface area (TPSA) is 44.2 Å². The van der Waals surface area contributed by atoms with Gasteiger partial charge >= 0.3 is 0 Å². The highest BCUT2D eigenvalue weighted by molar-refractivity contribution is 7.14. The van der Waals surface area contributed by atoms with Crippen LogP contribution < -0.4 is 9.47 Å². The Morgan fingerprint density at radius 3 is 1.93 bits per heavy atom. The normalized spacial score (nSPS) is 13.2. The van der Waals surface area contributed by atoms with Crippen LogP contribution in [0.2, 0.25) is 0 Å². The van der Waals surface area contributed by atoms with E-state index in [4.69, 9.17) is 9.47 Å². The quantitative estimate of drug-likeness (QED) is 0.289. The van der Waals surface area contributed by atoms with Gasteiger partial charge in [0.25, 0.3) is 0 Å². The van der Waals surface area contributed by atoms with Crippen molar-refractivity contribution in [3.63, 3.8) is 0 Å². The second-order valence-electron chi connectivity index (χ2n) is 8.24. The Bertz CT molecular complexity index is 732. The van der Waals surface area contributed by atoms with Crippen molar-refractivity contribution in [2.24, 2.45) is 11.8 Å². The van der Waals surface area contributed by atoms with Crippen LogP contribution in [0.4, 0.5) is 0 Å². The molecular weight excluding hydrogens is 392 g/mol. The lowest BCUT2D eigenvalue weighted by atomic mass is 10.0. The van der Waals surface area contributed by atoms with Crippen LogP contribution >= 0.6 is 11.3 Å². The summed E-state index contributed by atoms with van der Waals surface area (Å²) in [7, 11) is 0. The van der Waals surface area contributed by atoms with Gasteiger partial charge in [0.2, 0.25) is 0 Å². The molecule has 1 heterocycles. The van der Waals surface area contributed by atoms with E-state index < -0.39 is 0 Å². The summed E-state index contributed by atoms with van der Waals surface area (Å²) in [5.41, 5.74) is 1.04. The first-order valence-electron chi connectivity index (χ1n) is 11.8. The van der Waals surface area contributed by atoms with Crippen molar-refractivity contribution < 1.29 is 9.47 Å². The predicted octanol–water partition coefficient (Wildman–Crippen LogP) is 7.70. The van der Waals surface area contributed by atoms with E-state index in [0.29, 0.717) is 11.8 Å². The van der Waals surface area contributed by atoms with E-state index in [1.807, 2.05) is 13.0 Å². The highest BCUT2D eigenvalue weighted by Crippen LogP contribution is 2.35. The lowest BCUT2D eigenvalue weighted by Gasteiger charge is -2.20. The van der Waals surface area contributed by atoms with Gasteiger partial charge in [0.1, 0.15) is 10.0 Å². The summed E-state index contributed by atoms with van der Waals surface area (Å²) in [6.07, 6.45) is 9.70. The summed E-state index contributed by atoms with van der Waals surface area (Å²) in [5, 5.41) is 10.4. The van der Waals surface area contributed by atoms with Crippen LogP contribution in [0.1, 0.15) is 84.1 Å². The van der Waals surface area contributed by atoms with E-state index in [1.165, 1.54) is 38.5 Å². The molecule has 0 aliphatic carbocycles. The van der Waals surface area contributed by atoms with E-state index in [2.05, 4.69) is 50.0 Å². The van der Waals surface area contributed by atoms with Gasteiger partial charge in [-0.1, -0.05) is 77.6 Å². The number of ether oxygens (including phenoxy) is 2. The fraction of sp³-hybridized carbons (Fsp3) is 0.680. The molecule has 1 aromatic heterocycles. The number of hydrogen-bond acceptors (Lipinski definition) is 5. The molecule has 2 atom stereocenters. The first-order valence-corrected chi connectivity index (χ1v) is 12.6. The van der Waals surface area contributed by atoms with Gasteiger partial charge in [-0.05, 0) is 49.8 Å². The summed E-state index contributed by atoms with van der Waals surface area (Å²) in [4.78, 5) is 0. The molecule has 0 saturated heterocycles. The summed E-state index contributed by atoms with van der Waals surface area (Å²) in [5.74, 6) is 2.86. The van der Waals surface area contributed by atoms with Crippen molar-refractivity contribution >= 4 is 11.3 Å². The maximum absolute atomic E-state index is 6.33. The Hall–Kier alpha value is -1.62. The second kappa shape index (κ2) is 13.6. The van der Waals surface area contributed by atoms with Crippen LogP contribution in [0, 0.1) is 18.8 Å². The van der Waals surface area contributed by atoms with Crippen molar-refractivity contribution in [1.82, 2.24) is 10.2 Å². The van der Waals surface area contributed by atoms with Gasteiger partial charge in [0.05, 0.1) is 13.2 Å². The first kappa shape index (κ1) is 24.6. The molecule has 0 aliphatic rings. The fourth-order valence-electron chi connectivity index (χ4n) is 3.50. The Morgan fingerprint density at radius 1 is 0.833 bits per heavy atom. The average molecular weight is 433 g/mol. The molecule has 2 rings (SSSR count). The van der Waals surface area contributed by atoms with Crippen molar-refractivity contribution in [2.75, 3.05) is 13.2 Å². The zero-order valence-electron chi connectivity index (χ0n) is 19.6. The summed E-state index contributed by atoms with van der Waals surface area (Å²) < 4.78 is 12.6. The molecule has 1 aromatic carbocycles. The smallest absolute Gasteiger partial charge is 0.161 e. The van der Waals surface area contributed by atoms with Crippen LogP contribution in [0.5, 0.6) is 11.5 Å². The van der Waals surface area contributed by atoms with Crippen LogP contribution in [0.3, 0.4) is 0 Å². The maximum atomic E-state index is 6.33. The summed E-state index contributed by atoms with van der Waals surface area (Å²) in [6.45, 7) is 12.5. The molecule has 4 nitrogen and oxygen atoms in total. The summed E-state index contributed by atoms with van der Waals surface area (Å²) in [6, 6.07) is 6.19. The highest BCUT2D eigenvalue weighted by atomic mass is 32.1. The van der Waals surface area contributed by atoms with Gasteiger partial charge in [0.15, 0.2) is 11.5 Å². The third-order valence-corrected chi connectivity index (χ3v) is 6.64. The lowest BCUT2D eigenvalue weighted by Crippen LogP contribution is -2.14. The van der Waals surface area contributed by atoms with E-state index in [-0.39, 0.29) is 0 Å². The number of nitrogens with zero attached hydrogens (tertiary/aromatic N) is 2. The maximum Gasteiger partial charge on any atom is 0.161 e. The van der Waals surface area contributed by atoms with Gasteiger partial charge in [-0.2, -0.15) is 0 Å².